The first kappa shape index (κ1) is 19.1. The number of benzene rings is 2. The molecular weight excluding hydrogens is 387 g/mol. The summed E-state index contributed by atoms with van der Waals surface area (Å²) in [5.41, 5.74) is 13.5. The summed E-state index contributed by atoms with van der Waals surface area (Å²) in [6.07, 6.45) is 0. The average Bonchev–Trinajstić information content (AvgIpc) is 2.62. The number of carbonyl (C=O) groups excluding carboxylic acids is 1. The summed E-state index contributed by atoms with van der Waals surface area (Å²) in [6.45, 7) is 0.104. The molecule has 2 aromatic rings. The molecule has 0 spiro atoms. The van der Waals surface area contributed by atoms with Crippen LogP contribution in [0.25, 0.3) is 0 Å². The third kappa shape index (κ3) is 5.13. The Labute approximate surface area is 153 Å². The zero-order valence-corrected chi connectivity index (χ0v) is 16.0. The van der Waals surface area contributed by atoms with E-state index in [1.165, 1.54) is 7.11 Å². The Morgan fingerprint density at radius 3 is 2.12 bits per heavy atom. The molecule has 0 atom stereocenters. The molecule has 0 heterocycles. The molecule has 0 saturated heterocycles. The van der Waals surface area contributed by atoms with E-state index < -0.39 is 5.91 Å². The summed E-state index contributed by atoms with van der Waals surface area (Å²) >= 11 is 0.318. The Hall–Kier alpha value is -2.21. The number of nitrogens with two attached hydrogens (primary N) is 2. The van der Waals surface area contributed by atoms with Gasteiger partial charge in [0.15, 0.2) is 0 Å². The van der Waals surface area contributed by atoms with Gasteiger partial charge in [-0.15, -0.1) is 0 Å². The van der Waals surface area contributed by atoms with E-state index in [-0.39, 0.29) is 6.73 Å². The van der Waals surface area contributed by atoms with E-state index in [4.69, 9.17) is 25.7 Å². The average molecular weight is 409 g/mol. The van der Waals surface area contributed by atoms with Gasteiger partial charge in [0, 0.05) is 0 Å². The molecule has 2 aromatic carbocycles. The Morgan fingerprint density at radius 1 is 0.960 bits per heavy atom. The van der Waals surface area contributed by atoms with Crippen LogP contribution in [0.15, 0.2) is 36.4 Å². The number of ether oxygens (including phenoxy) is 3. The second-order valence-corrected chi connectivity index (χ2v) is 7.26. The van der Waals surface area contributed by atoms with Crippen LogP contribution < -0.4 is 25.7 Å². The summed E-state index contributed by atoms with van der Waals surface area (Å²) in [6, 6.07) is 11.4. The number of carbonyl (C=O) groups is 1. The fraction of sp³-hybridized carbons (Fsp3) is 0.278. The van der Waals surface area contributed by atoms with E-state index >= 15 is 0 Å². The minimum absolute atomic E-state index is 0.104. The number of hydrogen-bond donors (Lipinski definition) is 2. The topological polar surface area (TPSA) is 96.8 Å². The second kappa shape index (κ2) is 9.32. The molecule has 25 heavy (non-hydrogen) atoms. The van der Waals surface area contributed by atoms with Gasteiger partial charge in [0.25, 0.3) is 0 Å². The Bertz CT molecular complexity index is 737. The molecule has 0 radical (unpaired) electrons. The molecule has 2 rings (SSSR count). The zero-order valence-electron chi connectivity index (χ0n) is 14.3. The normalized spacial score (nSPS) is 10.4. The molecule has 6 nitrogen and oxygen atoms in total. The maximum absolute atomic E-state index is 11.5. The third-order valence-corrected chi connectivity index (χ3v) is 5.79. The van der Waals surface area contributed by atoms with Crippen LogP contribution in [0.2, 0.25) is 0 Å². The Balaban J connectivity index is 2.02. The Kier molecular flexibility index (Phi) is 7.13. The van der Waals surface area contributed by atoms with Crippen LogP contribution in [-0.2, 0) is 10.6 Å². The molecule has 0 unspecified atom stereocenters. The van der Waals surface area contributed by atoms with Crippen molar-refractivity contribution in [3.63, 3.8) is 0 Å². The summed E-state index contributed by atoms with van der Waals surface area (Å²) in [5, 5.41) is 1.81. The van der Waals surface area contributed by atoms with Crippen LogP contribution in [0.5, 0.6) is 17.2 Å². The third-order valence-electron chi connectivity index (χ3n) is 3.53. The van der Waals surface area contributed by atoms with Crippen LogP contribution in [-0.4, -0.2) is 41.8 Å². The summed E-state index contributed by atoms with van der Waals surface area (Å²) in [5.74, 6) is 1.34. The van der Waals surface area contributed by atoms with Crippen LogP contribution in [0.4, 0.5) is 0 Å². The van der Waals surface area contributed by atoms with E-state index in [1.54, 1.807) is 19.2 Å². The van der Waals surface area contributed by atoms with E-state index in [9.17, 15) is 4.79 Å². The molecule has 0 fully saturated rings. The number of primary amides is 1. The molecule has 4 N–H and O–H groups in total. The summed E-state index contributed by atoms with van der Waals surface area (Å²) in [7, 11) is 3.12. The van der Waals surface area contributed by atoms with Crippen LogP contribution >= 0.6 is 0 Å². The van der Waals surface area contributed by atoms with Gasteiger partial charge in [0.2, 0.25) is 0 Å². The fourth-order valence-electron chi connectivity index (χ4n) is 2.34. The first-order chi connectivity index (χ1) is 12.1. The number of methoxy groups -OCH3 is 2. The number of hydrogen-bond acceptors (Lipinski definition) is 5. The maximum atomic E-state index is 11.5. The van der Waals surface area contributed by atoms with Crippen molar-refractivity contribution in [2.45, 2.75) is 10.6 Å². The molecule has 0 aliphatic rings. The van der Waals surface area contributed by atoms with Gasteiger partial charge in [-0.2, -0.15) is 0 Å². The minimum atomic E-state index is -0.482. The Morgan fingerprint density at radius 2 is 1.56 bits per heavy atom. The van der Waals surface area contributed by atoms with Gasteiger partial charge < -0.3 is 0 Å². The van der Waals surface area contributed by atoms with Gasteiger partial charge in [0.05, 0.1) is 0 Å². The molecular formula is C18H22N2O4Se. The molecule has 0 aromatic heterocycles. The zero-order chi connectivity index (χ0) is 18.2. The van der Waals surface area contributed by atoms with Crippen molar-refractivity contribution in [2.75, 3.05) is 21.0 Å². The molecule has 7 heteroatoms. The van der Waals surface area contributed by atoms with Crippen LogP contribution in [0.3, 0.4) is 0 Å². The van der Waals surface area contributed by atoms with Crippen molar-refractivity contribution in [3.8, 4) is 17.2 Å². The van der Waals surface area contributed by atoms with Gasteiger partial charge in [0.1, 0.15) is 0 Å². The van der Waals surface area contributed by atoms with E-state index in [0.29, 0.717) is 37.8 Å². The van der Waals surface area contributed by atoms with Crippen LogP contribution in [0, 0.1) is 0 Å². The van der Waals surface area contributed by atoms with Crippen LogP contribution in [0.1, 0.15) is 21.5 Å². The van der Waals surface area contributed by atoms with Crippen molar-refractivity contribution >= 4 is 20.9 Å². The predicted octanol–water partition coefficient (Wildman–Crippen LogP) is 1.50. The van der Waals surface area contributed by atoms with E-state index in [0.717, 1.165) is 21.8 Å². The van der Waals surface area contributed by atoms with Gasteiger partial charge in [-0.25, -0.2) is 0 Å². The predicted molar refractivity (Wildman–Crippen MR) is 97.4 cm³/mol. The molecule has 0 saturated carbocycles. The van der Waals surface area contributed by atoms with Crippen molar-refractivity contribution in [2.24, 2.45) is 11.5 Å². The molecule has 0 aliphatic heterocycles. The van der Waals surface area contributed by atoms with Gasteiger partial charge in [-0.3, -0.25) is 0 Å². The van der Waals surface area contributed by atoms with Gasteiger partial charge in [-0.05, 0) is 0 Å². The standard InChI is InChI=1S/C18H22N2O4Se/c1-22-15-5-3-12(7-14(15)18(20)21)9-25-10-13-4-6-16(23-2)17(8-13)24-11-19/h3-8H,9-11,19H2,1-2H3,(H2,20,21). The fourth-order valence-corrected chi connectivity index (χ4v) is 4.29. The first-order valence-corrected chi connectivity index (χ1v) is 10.1. The quantitative estimate of drug-likeness (QED) is 0.483. The SMILES string of the molecule is COc1ccc(C[Se]Cc2ccc(OC)c(C(N)=O)c2)cc1OCN. The number of amides is 1. The van der Waals surface area contributed by atoms with E-state index in [2.05, 4.69) is 0 Å². The molecule has 1 amide bonds. The monoisotopic (exact) mass is 410 g/mol. The molecule has 0 aliphatic carbocycles. The van der Waals surface area contributed by atoms with Crippen molar-refractivity contribution < 1.29 is 19.0 Å². The summed E-state index contributed by atoms with van der Waals surface area (Å²) < 4.78 is 15.8. The van der Waals surface area contributed by atoms with Crippen molar-refractivity contribution in [3.05, 3.63) is 53.1 Å². The van der Waals surface area contributed by atoms with Crippen molar-refractivity contribution in [1.29, 1.82) is 0 Å². The summed E-state index contributed by atoms with van der Waals surface area (Å²) in [4.78, 5) is 11.5. The van der Waals surface area contributed by atoms with Gasteiger partial charge in [-0.1, -0.05) is 0 Å². The van der Waals surface area contributed by atoms with Gasteiger partial charge >= 0.3 is 153 Å². The molecule has 0 bridgehead atoms. The first-order valence-electron chi connectivity index (χ1n) is 7.63. The van der Waals surface area contributed by atoms with Crippen molar-refractivity contribution in [1.82, 2.24) is 0 Å². The number of rotatable bonds is 9. The molecule has 134 valence electrons. The second-order valence-electron chi connectivity index (χ2n) is 5.19. The van der Waals surface area contributed by atoms with E-state index in [1.807, 2.05) is 24.3 Å².